The van der Waals surface area contributed by atoms with Crippen LogP contribution in [0.25, 0.3) is 11.3 Å². The van der Waals surface area contributed by atoms with Crippen molar-refractivity contribution < 1.29 is 19.0 Å². The van der Waals surface area contributed by atoms with Crippen molar-refractivity contribution in [1.29, 1.82) is 5.26 Å². The summed E-state index contributed by atoms with van der Waals surface area (Å²) >= 11 is 0. The fraction of sp³-hybridized carbons (Fsp3) is 0.240. The molecule has 2 aromatic carbocycles. The third-order valence-electron chi connectivity index (χ3n) is 5.71. The average molecular weight is 431 g/mol. The Balaban J connectivity index is 1.41. The number of fused-ring (bicyclic) bond motifs is 1. The van der Waals surface area contributed by atoms with E-state index in [0.717, 1.165) is 22.3 Å². The van der Waals surface area contributed by atoms with Crippen molar-refractivity contribution in [2.45, 2.75) is 26.2 Å². The van der Waals surface area contributed by atoms with E-state index in [-0.39, 0.29) is 18.1 Å². The first-order valence-electron chi connectivity index (χ1n) is 10.2. The van der Waals surface area contributed by atoms with Gasteiger partial charge >= 0.3 is 5.97 Å². The lowest BCUT2D eigenvalue weighted by Gasteiger charge is -2.22. The Bertz CT molecular complexity index is 1220. The average Bonchev–Trinajstić information content (AvgIpc) is 3.16. The Morgan fingerprint density at radius 1 is 1.28 bits per heavy atom. The number of halogens is 1. The molecular formula is C25H22FN3O3. The van der Waals surface area contributed by atoms with E-state index in [4.69, 9.17) is 10.00 Å². The van der Waals surface area contributed by atoms with Gasteiger partial charge in [0.05, 0.1) is 22.9 Å². The van der Waals surface area contributed by atoms with E-state index in [0.29, 0.717) is 29.9 Å². The van der Waals surface area contributed by atoms with Gasteiger partial charge in [0, 0.05) is 30.4 Å². The summed E-state index contributed by atoms with van der Waals surface area (Å²) in [5.74, 6) is -0.886. The molecule has 3 aromatic rings. The molecule has 1 atom stereocenters. The van der Waals surface area contributed by atoms with Crippen LogP contribution in [-0.2, 0) is 17.9 Å². The van der Waals surface area contributed by atoms with Crippen molar-refractivity contribution in [3.05, 3.63) is 87.9 Å². The van der Waals surface area contributed by atoms with E-state index in [1.165, 1.54) is 12.1 Å². The topological polar surface area (TPSA) is 86.4 Å². The first-order chi connectivity index (χ1) is 15.4. The standard InChI is InChI=1S/C25H22FN3O3/c1-15-19(6-7-20-21(15)14-32-25(20)31)24(30)13-29(2)12-16-3-8-23(28-11-16)17-4-5-18(10-27)22(26)9-17/h3-9,11,24,30H,12-14H2,1-2H3. The molecule has 0 fully saturated rings. The number of ether oxygens (including phenoxy) is 1. The van der Waals surface area contributed by atoms with Gasteiger partial charge in [-0.3, -0.25) is 9.88 Å². The molecule has 4 rings (SSSR count). The van der Waals surface area contributed by atoms with E-state index in [9.17, 15) is 14.3 Å². The number of carbonyl (C=O) groups is 1. The third-order valence-corrected chi connectivity index (χ3v) is 5.71. The molecule has 2 heterocycles. The van der Waals surface area contributed by atoms with Crippen LogP contribution in [-0.4, -0.2) is 34.6 Å². The van der Waals surface area contributed by atoms with Crippen LogP contribution in [0.5, 0.6) is 0 Å². The molecule has 1 aromatic heterocycles. The maximum Gasteiger partial charge on any atom is 0.338 e. The van der Waals surface area contributed by atoms with Crippen LogP contribution in [0.15, 0.2) is 48.7 Å². The third kappa shape index (κ3) is 4.24. The molecule has 0 radical (unpaired) electrons. The summed E-state index contributed by atoms with van der Waals surface area (Å²) in [7, 11) is 1.91. The maximum absolute atomic E-state index is 13.9. The van der Waals surface area contributed by atoms with Crippen LogP contribution in [0.4, 0.5) is 4.39 Å². The van der Waals surface area contributed by atoms with Gasteiger partial charge in [0.2, 0.25) is 0 Å². The number of benzene rings is 2. The fourth-order valence-electron chi connectivity index (χ4n) is 3.95. The largest absolute Gasteiger partial charge is 0.457 e. The minimum Gasteiger partial charge on any atom is -0.457 e. The van der Waals surface area contributed by atoms with E-state index in [1.54, 1.807) is 30.5 Å². The van der Waals surface area contributed by atoms with Crippen LogP contribution in [0.3, 0.4) is 0 Å². The van der Waals surface area contributed by atoms with Crippen LogP contribution in [0, 0.1) is 24.1 Å². The number of esters is 1. The number of likely N-dealkylation sites (N-methyl/N-ethyl adjacent to an activating group) is 1. The fourth-order valence-corrected chi connectivity index (χ4v) is 3.95. The molecule has 0 aliphatic carbocycles. The van der Waals surface area contributed by atoms with Crippen LogP contribution in [0.1, 0.15) is 44.3 Å². The monoisotopic (exact) mass is 431 g/mol. The van der Waals surface area contributed by atoms with Gasteiger partial charge in [0.25, 0.3) is 0 Å². The maximum atomic E-state index is 13.9. The Hall–Kier alpha value is -3.60. The van der Waals surface area contributed by atoms with Gasteiger partial charge in [-0.2, -0.15) is 5.26 Å². The zero-order valence-corrected chi connectivity index (χ0v) is 17.8. The summed E-state index contributed by atoms with van der Waals surface area (Å²) in [6, 6.07) is 13.4. The molecule has 0 saturated heterocycles. The van der Waals surface area contributed by atoms with Gasteiger partial charge in [-0.1, -0.05) is 18.2 Å². The summed E-state index contributed by atoms with van der Waals surface area (Å²) in [6.07, 6.45) is 1.01. The lowest BCUT2D eigenvalue weighted by atomic mass is 9.95. The quantitative estimate of drug-likeness (QED) is 0.596. The number of pyridine rings is 1. The molecule has 1 aliphatic heterocycles. The first-order valence-corrected chi connectivity index (χ1v) is 10.2. The number of aromatic nitrogens is 1. The summed E-state index contributed by atoms with van der Waals surface area (Å²) in [4.78, 5) is 18.1. The van der Waals surface area contributed by atoms with Crippen LogP contribution >= 0.6 is 0 Å². The number of nitrogens with zero attached hydrogens (tertiary/aromatic N) is 3. The van der Waals surface area contributed by atoms with Crippen molar-refractivity contribution >= 4 is 5.97 Å². The molecule has 0 amide bonds. The molecular weight excluding hydrogens is 409 g/mol. The van der Waals surface area contributed by atoms with Gasteiger partial charge in [0.15, 0.2) is 0 Å². The van der Waals surface area contributed by atoms with E-state index in [1.807, 2.05) is 31.0 Å². The minimum absolute atomic E-state index is 0.00304. The van der Waals surface area contributed by atoms with Gasteiger partial charge in [-0.15, -0.1) is 0 Å². The number of nitriles is 1. The molecule has 1 N–H and O–H groups in total. The molecule has 0 spiro atoms. The molecule has 6 nitrogen and oxygen atoms in total. The van der Waals surface area contributed by atoms with Crippen molar-refractivity contribution in [3.63, 3.8) is 0 Å². The smallest absolute Gasteiger partial charge is 0.338 e. The highest BCUT2D eigenvalue weighted by Crippen LogP contribution is 2.29. The zero-order valence-electron chi connectivity index (χ0n) is 17.8. The summed E-state index contributed by atoms with van der Waals surface area (Å²) in [6.45, 7) is 3.11. The second-order valence-electron chi connectivity index (χ2n) is 7.95. The Kier molecular flexibility index (Phi) is 5.99. The van der Waals surface area contributed by atoms with E-state index >= 15 is 0 Å². The summed E-state index contributed by atoms with van der Waals surface area (Å²) in [5.41, 5.74) is 5.25. The number of hydrogen-bond acceptors (Lipinski definition) is 6. The predicted molar refractivity (Wildman–Crippen MR) is 116 cm³/mol. The van der Waals surface area contributed by atoms with Crippen molar-refractivity contribution in [1.82, 2.24) is 9.88 Å². The van der Waals surface area contributed by atoms with Crippen LogP contribution in [0.2, 0.25) is 0 Å². The normalized spacial score (nSPS) is 13.6. The number of rotatable bonds is 6. The van der Waals surface area contributed by atoms with Gasteiger partial charge in [-0.25, -0.2) is 9.18 Å². The Morgan fingerprint density at radius 2 is 2.09 bits per heavy atom. The molecule has 1 unspecified atom stereocenters. The highest BCUT2D eigenvalue weighted by atomic mass is 19.1. The lowest BCUT2D eigenvalue weighted by Crippen LogP contribution is -2.25. The van der Waals surface area contributed by atoms with Crippen LogP contribution < -0.4 is 0 Å². The van der Waals surface area contributed by atoms with Crippen molar-refractivity contribution in [2.24, 2.45) is 0 Å². The number of carbonyl (C=O) groups excluding carboxylic acids is 1. The highest BCUT2D eigenvalue weighted by molar-refractivity contribution is 5.93. The van der Waals surface area contributed by atoms with Gasteiger partial charge < -0.3 is 9.84 Å². The Labute approximate surface area is 185 Å². The lowest BCUT2D eigenvalue weighted by molar-refractivity contribution is 0.0535. The molecule has 32 heavy (non-hydrogen) atoms. The molecule has 0 bridgehead atoms. The molecule has 1 aliphatic rings. The summed E-state index contributed by atoms with van der Waals surface area (Å²) in [5, 5.41) is 19.6. The first kappa shape index (κ1) is 21.6. The summed E-state index contributed by atoms with van der Waals surface area (Å²) < 4.78 is 19.0. The van der Waals surface area contributed by atoms with Gasteiger partial charge in [-0.05, 0) is 54.9 Å². The molecule has 7 heteroatoms. The minimum atomic E-state index is -0.713. The van der Waals surface area contributed by atoms with Gasteiger partial charge in [0.1, 0.15) is 18.5 Å². The number of aliphatic hydroxyl groups excluding tert-OH is 1. The second kappa shape index (κ2) is 8.87. The predicted octanol–water partition coefficient (Wildman–Crippen LogP) is 3.90. The van der Waals surface area contributed by atoms with Crippen molar-refractivity contribution in [3.8, 4) is 17.3 Å². The number of aliphatic hydroxyl groups is 1. The Morgan fingerprint density at radius 3 is 2.78 bits per heavy atom. The number of cyclic esters (lactones) is 1. The number of hydrogen-bond donors (Lipinski definition) is 1. The van der Waals surface area contributed by atoms with E-state index in [2.05, 4.69) is 4.98 Å². The molecule has 0 saturated carbocycles. The SMILES string of the molecule is Cc1c(C(O)CN(C)Cc2ccc(-c3ccc(C#N)c(F)c3)nc2)ccc2c1COC2=O. The van der Waals surface area contributed by atoms with Crippen molar-refractivity contribution in [2.75, 3.05) is 13.6 Å². The molecule has 162 valence electrons. The van der Waals surface area contributed by atoms with E-state index < -0.39 is 11.9 Å². The zero-order chi connectivity index (χ0) is 22.8. The second-order valence-corrected chi connectivity index (χ2v) is 7.95. The highest BCUT2D eigenvalue weighted by Gasteiger charge is 2.26.